The second kappa shape index (κ2) is 6.48. The summed E-state index contributed by atoms with van der Waals surface area (Å²) in [4.78, 5) is 16.4. The van der Waals surface area contributed by atoms with Crippen LogP contribution < -0.4 is 0 Å². The summed E-state index contributed by atoms with van der Waals surface area (Å²) in [6, 6.07) is 5.67. The number of hydrogen-bond donors (Lipinski definition) is 0. The number of Topliss-reactive ketones (excluding diaryl/α,β-unsaturated/α-hetero) is 1. The molecule has 1 heterocycles. The average molecular weight is 295 g/mol. The predicted octanol–water partition coefficient (Wildman–Crippen LogP) is 2.19. The molecule has 0 bridgehead atoms. The van der Waals surface area contributed by atoms with E-state index in [2.05, 4.69) is 4.98 Å². The predicted molar refractivity (Wildman–Crippen MR) is 78.2 cm³/mol. The minimum atomic E-state index is -3.02. The van der Waals surface area contributed by atoms with Crippen molar-refractivity contribution in [1.29, 1.82) is 0 Å². The van der Waals surface area contributed by atoms with Crippen molar-refractivity contribution in [3.05, 3.63) is 30.1 Å². The van der Waals surface area contributed by atoms with Crippen molar-refractivity contribution in [2.45, 2.75) is 43.8 Å². The van der Waals surface area contributed by atoms with Crippen LogP contribution in [-0.4, -0.2) is 30.7 Å². The van der Waals surface area contributed by atoms with Gasteiger partial charge in [-0.15, -0.1) is 0 Å². The number of nitrogens with zero attached hydrogens (tertiary/aromatic N) is 1. The smallest absolute Gasteiger partial charge is 0.150 e. The number of sulfone groups is 1. The number of pyridine rings is 1. The van der Waals surface area contributed by atoms with Gasteiger partial charge in [-0.2, -0.15) is 0 Å². The number of aromatic nitrogens is 1. The van der Waals surface area contributed by atoms with Crippen LogP contribution in [0.2, 0.25) is 0 Å². The van der Waals surface area contributed by atoms with Crippen molar-refractivity contribution in [2.24, 2.45) is 5.92 Å². The van der Waals surface area contributed by atoms with Crippen molar-refractivity contribution < 1.29 is 13.2 Å². The van der Waals surface area contributed by atoms with E-state index in [0.29, 0.717) is 25.7 Å². The number of ketones is 1. The van der Waals surface area contributed by atoms with Gasteiger partial charge in [-0.25, -0.2) is 8.42 Å². The average Bonchev–Trinajstić information content (AvgIpc) is 2.45. The first-order valence-corrected chi connectivity index (χ1v) is 9.04. The first-order valence-electron chi connectivity index (χ1n) is 7.08. The van der Waals surface area contributed by atoms with Gasteiger partial charge in [0.15, 0.2) is 0 Å². The Kier molecular flexibility index (Phi) is 4.91. The lowest BCUT2D eigenvalue weighted by Crippen LogP contribution is -2.31. The van der Waals surface area contributed by atoms with E-state index >= 15 is 0 Å². The van der Waals surface area contributed by atoms with Gasteiger partial charge in [0.05, 0.1) is 5.25 Å². The summed E-state index contributed by atoms with van der Waals surface area (Å²) >= 11 is 0. The van der Waals surface area contributed by atoms with E-state index in [1.165, 1.54) is 6.26 Å². The summed E-state index contributed by atoms with van der Waals surface area (Å²) in [5.74, 6) is 0.0937. The van der Waals surface area contributed by atoms with Crippen LogP contribution in [0.15, 0.2) is 24.4 Å². The van der Waals surface area contributed by atoms with Crippen LogP contribution in [0.5, 0.6) is 0 Å². The first-order chi connectivity index (χ1) is 9.47. The molecular weight excluding hydrogens is 274 g/mol. The highest BCUT2D eigenvalue weighted by molar-refractivity contribution is 7.91. The number of carbonyl (C=O) groups excluding carboxylic acids is 1. The molecule has 0 radical (unpaired) electrons. The molecule has 0 spiro atoms. The lowest BCUT2D eigenvalue weighted by molar-refractivity contribution is -0.123. The molecule has 20 heavy (non-hydrogen) atoms. The van der Waals surface area contributed by atoms with Gasteiger partial charge in [-0.1, -0.05) is 12.5 Å². The molecule has 1 aliphatic rings. The van der Waals surface area contributed by atoms with Crippen molar-refractivity contribution in [1.82, 2.24) is 4.98 Å². The zero-order valence-corrected chi connectivity index (χ0v) is 12.6. The molecule has 2 atom stereocenters. The summed E-state index contributed by atoms with van der Waals surface area (Å²) in [7, 11) is -3.02. The molecular formula is C15H21NO3S. The summed E-state index contributed by atoms with van der Waals surface area (Å²) in [6.07, 6.45) is 6.95. The minimum Gasteiger partial charge on any atom is -0.299 e. The molecule has 1 aromatic rings. The van der Waals surface area contributed by atoms with Crippen LogP contribution in [0.4, 0.5) is 0 Å². The van der Waals surface area contributed by atoms with Gasteiger partial charge in [0.25, 0.3) is 0 Å². The number of hydrogen-bond acceptors (Lipinski definition) is 4. The molecule has 1 aromatic heterocycles. The Hall–Kier alpha value is -1.23. The van der Waals surface area contributed by atoms with Gasteiger partial charge >= 0.3 is 0 Å². The Bertz CT molecular complexity index is 554. The van der Waals surface area contributed by atoms with Crippen LogP contribution >= 0.6 is 0 Å². The SMILES string of the molecule is CS(=O)(=O)C1CCCC(C(=O)CCc2ccccn2)C1. The largest absolute Gasteiger partial charge is 0.299 e. The van der Waals surface area contributed by atoms with Crippen LogP contribution in [0.3, 0.4) is 0 Å². The Labute approximate surface area is 120 Å². The van der Waals surface area contributed by atoms with Crippen molar-refractivity contribution in [3.63, 3.8) is 0 Å². The van der Waals surface area contributed by atoms with E-state index in [0.717, 1.165) is 18.5 Å². The Morgan fingerprint density at radius 1 is 1.35 bits per heavy atom. The third kappa shape index (κ3) is 4.13. The molecule has 0 amide bonds. The normalized spacial score (nSPS) is 23.4. The Morgan fingerprint density at radius 2 is 2.15 bits per heavy atom. The van der Waals surface area contributed by atoms with Gasteiger partial charge in [-0.3, -0.25) is 9.78 Å². The molecule has 2 unspecified atom stereocenters. The zero-order chi connectivity index (χ0) is 14.6. The first kappa shape index (κ1) is 15.2. The van der Waals surface area contributed by atoms with E-state index < -0.39 is 9.84 Å². The Morgan fingerprint density at radius 3 is 2.80 bits per heavy atom. The number of rotatable bonds is 5. The molecule has 1 saturated carbocycles. The second-order valence-electron chi connectivity index (χ2n) is 5.60. The highest BCUT2D eigenvalue weighted by Gasteiger charge is 2.31. The zero-order valence-electron chi connectivity index (χ0n) is 11.8. The fraction of sp³-hybridized carbons (Fsp3) is 0.600. The summed E-state index contributed by atoms with van der Waals surface area (Å²) < 4.78 is 23.2. The third-order valence-electron chi connectivity index (χ3n) is 4.04. The molecule has 1 aliphatic carbocycles. The molecule has 0 aromatic carbocycles. The van der Waals surface area contributed by atoms with E-state index in [1.54, 1.807) is 6.20 Å². The van der Waals surface area contributed by atoms with Crippen LogP contribution in [0.1, 0.15) is 37.8 Å². The van der Waals surface area contributed by atoms with E-state index in [9.17, 15) is 13.2 Å². The fourth-order valence-electron chi connectivity index (χ4n) is 2.83. The van der Waals surface area contributed by atoms with Crippen molar-refractivity contribution >= 4 is 15.6 Å². The fourth-order valence-corrected chi connectivity index (χ4v) is 4.00. The quantitative estimate of drug-likeness (QED) is 0.835. The van der Waals surface area contributed by atoms with Crippen molar-refractivity contribution in [3.8, 4) is 0 Å². The lowest BCUT2D eigenvalue weighted by Gasteiger charge is -2.27. The van der Waals surface area contributed by atoms with E-state index in [1.807, 2.05) is 18.2 Å². The molecule has 1 fully saturated rings. The van der Waals surface area contributed by atoms with Gasteiger partial charge in [-0.05, 0) is 37.8 Å². The number of carbonyl (C=O) groups is 1. The van der Waals surface area contributed by atoms with Crippen LogP contribution in [-0.2, 0) is 21.1 Å². The Balaban J connectivity index is 1.89. The van der Waals surface area contributed by atoms with E-state index in [-0.39, 0.29) is 17.0 Å². The molecule has 0 saturated heterocycles. The van der Waals surface area contributed by atoms with E-state index in [4.69, 9.17) is 0 Å². The maximum absolute atomic E-state index is 12.2. The lowest BCUT2D eigenvalue weighted by atomic mass is 9.84. The summed E-state index contributed by atoms with van der Waals surface area (Å²) in [5.41, 5.74) is 0.913. The van der Waals surface area contributed by atoms with Gasteiger partial charge in [0.2, 0.25) is 0 Å². The van der Waals surface area contributed by atoms with Crippen molar-refractivity contribution in [2.75, 3.05) is 6.26 Å². The van der Waals surface area contributed by atoms with Crippen LogP contribution in [0, 0.1) is 5.92 Å². The summed E-state index contributed by atoms with van der Waals surface area (Å²) in [5, 5.41) is -0.333. The van der Waals surface area contributed by atoms with Crippen LogP contribution in [0.25, 0.3) is 0 Å². The third-order valence-corrected chi connectivity index (χ3v) is 5.68. The molecule has 0 N–H and O–H groups in total. The van der Waals surface area contributed by atoms with Gasteiger partial charge < -0.3 is 0 Å². The monoisotopic (exact) mass is 295 g/mol. The number of aryl methyl sites for hydroxylation is 1. The highest BCUT2D eigenvalue weighted by Crippen LogP contribution is 2.30. The maximum atomic E-state index is 12.2. The minimum absolute atomic E-state index is 0.0906. The molecule has 110 valence electrons. The molecule has 2 rings (SSSR count). The second-order valence-corrected chi connectivity index (χ2v) is 7.93. The van der Waals surface area contributed by atoms with Gasteiger partial charge in [0.1, 0.15) is 15.6 Å². The summed E-state index contributed by atoms with van der Waals surface area (Å²) in [6.45, 7) is 0. The topological polar surface area (TPSA) is 64.1 Å². The molecule has 0 aliphatic heterocycles. The van der Waals surface area contributed by atoms with Gasteiger partial charge in [0, 0.05) is 30.5 Å². The standard InChI is InChI=1S/C15H21NO3S/c1-20(18,19)14-7-4-5-12(11-14)15(17)9-8-13-6-2-3-10-16-13/h2-3,6,10,12,14H,4-5,7-9,11H2,1H3. The molecule has 5 heteroatoms. The maximum Gasteiger partial charge on any atom is 0.150 e. The molecule has 4 nitrogen and oxygen atoms in total. The highest BCUT2D eigenvalue weighted by atomic mass is 32.2.